The average Bonchev–Trinajstić information content (AvgIpc) is 2.04. The number of nitrogens with one attached hydrogen (secondary N) is 1. The van der Waals surface area contributed by atoms with Gasteiger partial charge in [0.05, 0.1) is 6.10 Å². The highest BCUT2D eigenvalue weighted by molar-refractivity contribution is 4.81. The highest BCUT2D eigenvalue weighted by Gasteiger charge is 2.27. The van der Waals surface area contributed by atoms with Gasteiger partial charge in [-0.05, 0) is 38.6 Å². The molecule has 1 aliphatic rings. The van der Waals surface area contributed by atoms with Crippen LogP contribution < -0.4 is 5.32 Å². The van der Waals surface area contributed by atoms with Gasteiger partial charge in [-0.25, -0.2) is 0 Å². The summed E-state index contributed by atoms with van der Waals surface area (Å²) in [4.78, 5) is 0. The van der Waals surface area contributed by atoms with Crippen molar-refractivity contribution in [3.63, 3.8) is 0 Å². The van der Waals surface area contributed by atoms with Crippen LogP contribution in [-0.4, -0.2) is 25.8 Å². The monoisotopic (exact) mass is 185 g/mol. The van der Waals surface area contributed by atoms with Gasteiger partial charge in [-0.15, -0.1) is 0 Å². The van der Waals surface area contributed by atoms with Gasteiger partial charge in [-0.2, -0.15) is 0 Å². The second kappa shape index (κ2) is 4.97. The van der Waals surface area contributed by atoms with E-state index in [0.717, 1.165) is 18.4 Å². The van der Waals surface area contributed by atoms with Crippen molar-refractivity contribution in [3.05, 3.63) is 0 Å². The van der Waals surface area contributed by atoms with Crippen molar-refractivity contribution < 1.29 is 4.74 Å². The fourth-order valence-corrected chi connectivity index (χ4v) is 2.47. The van der Waals surface area contributed by atoms with E-state index in [1.165, 1.54) is 12.8 Å². The van der Waals surface area contributed by atoms with Crippen LogP contribution in [0.5, 0.6) is 0 Å². The van der Waals surface area contributed by atoms with Crippen molar-refractivity contribution in [3.8, 4) is 0 Å². The Balaban J connectivity index is 2.47. The van der Waals surface area contributed by atoms with Crippen molar-refractivity contribution in [2.75, 3.05) is 13.7 Å². The Morgan fingerprint density at radius 1 is 1.38 bits per heavy atom. The minimum Gasteiger partial charge on any atom is -0.378 e. The first-order chi connectivity index (χ1) is 6.15. The van der Waals surface area contributed by atoms with Crippen LogP contribution >= 0.6 is 0 Å². The molecule has 0 aromatic heterocycles. The van der Waals surface area contributed by atoms with E-state index in [1.54, 1.807) is 0 Å². The first kappa shape index (κ1) is 11.0. The highest BCUT2D eigenvalue weighted by atomic mass is 16.5. The summed E-state index contributed by atoms with van der Waals surface area (Å²) in [5, 5.41) is 3.44. The van der Waals surface area contributed by atoms with Gasteiger partial charge in [-0.3, -0.25) is 0 Å². The number of hydrogen-bond donors (Lipinski definition) is 1. The Morgan fingerprint density at radius 2 is 2.08 bits per heavy atom. The molecule has 2 heteroatoms. The zero-order valence-corrected chi connectivity index (χ0v) is 9.34. The van der Waals surface area contributed by atoms with Crippen LogP contribution in [0.25, 0.3) is 0 Å². The summed E-state index contributed by atoms with van der Waals surface area (Å²) in [5.74, 6) is 1.52. The maximum atomic E-state index is 5.55. The molecular formula is C11H23NO. The average molecular weight is 185 g/mol. The van der Waals surface area contributed by atoms with E-state index in [4.69, 9.17) is 4.74 Å². The molecule has 0 amide bonds. The summed E-state index contributed by atoms with van der Waals surface area (Å²) >= 11 is 0. The molecule has 0 bridgehead atoms. The van der Waals surface area contributed by atoms with E-state index >= 15 is 0 Å². The van der Waals surface area contributed by atoms with Crippen molar-refractivity contribution in [2.24, 2.45) is 11.8 Å². The Hall–Kier alpha value is -0.0800. The lowest BCUT2D eigenvalue weighted by molar-refractivity contribution is -0.00979. The molecule has 0 saturated carbocycles. The normalized spacial score (nSPS) is 32.1. The third-order valence-electron chi connectivity index (χ3n) is 3.09. The van der Waals surface area contributed by atoms with E-state index in [0.29, 0.717) is 12.1 Å². The quantitative estimate of drug-likeness (QED) is 0.726. The lowest BCUT2D eigenvalue weighted by atomic mass is 9.83. The Morgan fingerprint density at radius 3 is 2.54 bits per heavy atom. The van der Waals surface area contributed by atoms with Crippen molar-refractivity contribution in [1.82, 2.24) is 5.32 Å². The number of rotatable bonds is 3. The Labute approximate surface area is 82.0 Å². The van der Waals surface area contributed by atoms with Gasteiger partial charge in [0.15, 0.2) is 0 Å². The molecule has 1 rings (SSSR count). The van der Waals surface area contributed by atoms with Crippen LogP contribution in [0, 0.1) is 11.8 Å². The molecule has 1 saturated heterocycles. The largest absolute Gasteiger partial charge is 0.378 e. The van der Waals surface area contributed by atoms with Crippen molar-refractivity contribution in [2.45, 2.75) is 45.8 Å². The summed E-state index contributed by atoms with van der Waals surface area (Å²) in [6.07, 6.45) is 2.88. The molecule has 2 nitrogen and oxygen atoms in total. The first-order valence-corrected chi connectivity index (χ1v) is 5.44. The molecule has 1 fully saturated rings. The van der Waals surface area contributed by atoms with Crippen molar-refractivity contribution >= 4 is 0 Å². The van der Waals surface area contributed by atoms with E-state index in [9.17, 15) is 0 Å². The topological polar surface area (TPSA) is 21.3 Å². The van der Waals surface area contributed by atoms with Gasteiger partial charge in [-0.1, -0.05) is 13.8 Å². The molecule has 78 valence electrons. The molecule has 1 N–H and O–H groups in total. The van der Waals surface area contributed by atoms with Crippen LogP contribution in [0.1, 0.15) is 33.6 Å². The summed E-state index contributed by atoms with van der Waals surface area (Å²) in [5.41, 5.74) is 0. The van der Waals surface area contributed by atoms with Gasteiger partial charge >= 0.3 is 0 Å². The Kier molecular flexibility index (Phi) is 4.20. The lowest BCUT2D eigenvalue weighted by Gasteiger charge is -2.35. The molecule has 0 aromatic rings. The van der Waals surface area contributed by atoms with Crippen molar-refractivity contribution in [1.29, 1.82) is 0 Å². The standard InChI is InChI=1S/C11H23NO/c1-8(2)11(12-4)10-5-6-13-9(3)7-10/h8-12H,5-7H2,1-4H3. The predicted molar refractivity (Wildman–Crippen MR) is 55.8 cm³/mol. The van der Waals surface area contributed by atoms with E-state index in [2.05, 4.69) is 33.1 Å². The van der Waals surface area contributed by atoms with Gasteiger partial charge < -0.3 is 10.1 Å². The SMILES string of the molecule is CNC(C(C)C)C1CCOC(C)C1. The molecule has 0 radical (unpaired) electrons. The molecule has 0 spiro atoms. The van der Waals surface area contributed by atoms with Gasteiger partial charge in [0.1, 0.15) is 0 Å². The summed E-state index contributed by atoms with van der Waals surface area (Å²) in [6.45, 7) is 7.71. The fraction of sp³-hybridized carbons (Fsp3) is 1.00. The minimum absolute atomic E-state index is 0.452. The molecular weight excluding hydrogens is 162 g/mol. The second-order valence-corrected chi connectivity index (χ2v) is 4.52. The van der Waals surface area contributed by atoms with Crippen LogP contribution in [0.4, 0.5) is 0 Å². The second-order valence-electron chi connectivity index (χ2n) is 4.52. The smallest absolute Gasteiger partial charge is 0.0550 e. The first-order valence-electron chi connectivity index (χ1n) is 5.44. The third kappa shape index (κ3) is 2.96. The summed E-state index contributed by atoms with van der Waals surface area (Å²) < 4.78 is 5.55. The van der Waals surface area contributed by atoms with Crippen LogP contribution in [0.3, 0.4) is 0 Å². The van der Waals surface area contributed by atoms with Gasteiger partial charge in [0.2, 0.25) is 0 Å². The molecule has 0 aliphatic carbocycles. The molecule has 0 aromatic carbocycles. The highest BCUT2D eigenvalue weighted by Crippen LogP contribution is 2.26. The van der Waals surface area contributed by atoms with Crippen LogP contribution in [-0.2, 0) is 4.74 Å². The van der Waals surface area contributed by atoms with Gasteiger partial charge in [0, 0.05) is 12.6 Å². The molecule has 3 atom stereocenters. The third-order valence-corrected chi connectivity index (χ3v) is 3.09. The van der Waals surface area contributed by atoms with Crippen LogP contribution in [0.15, 0.2) is 0 Å². The maximum absolute atomic E-state index is 5.55. The zero-order chi connectivity index (χ0) is 9.84. The zero-order valence-electron chi connectivity index (χ0n) is 9.34. The van der Waals surface area contributed by atoms with Gasteiger partial charge in [0.25, 0.3) is 0 Å². The lowest BCUT2D eigenvalue weighted by Crippen LogP contribution is -2.42. The fourth-order valence-electron chi connectivity index (χ4n) is 2.47. The van der Waals surface area contributed by atoms with E-state index < -0.39 is 0 Å². The van der Waals surface area contributed by atoms with Crippen LogP contribution in [0.2, 0.25) is 0 Å². The molecule has 3 unspecified atom stereocenters. The molecule has 1 heterocycles. The summed E-state index contributed by atoms with van der Waals surface area (Å²) in [6, 6.07) is 0.659. The molecule has 13 heavy (non-hydrogen) atoms. The Bertz CT molecular complexity index is 147. The van der Waals surface area contributed by atoms with E-state index in [1.807, 2.05) is 0 Å². The van der Waals surface area contributed by atoms with E-state index in [-0.39, 0.29) is 0 Å². The summed E-state index contributed by atoms with van der Waals surface area (Å²) in [7, 11) is 2.07. The number of hydrogen-bond acceptors (Lipinski definition) is 2. The number of ether oxygens (including phenoxy) is 1. The predicted octanol–water partition coefficient (Wildman–Crippen LogP) is 2.05. The minimum atomic E-state index is 0.452. The maximum Gasteiger partial charge on any atom is 0.0550 e. The molecule has 1 aliphatic heterocycles.